The largest absolute Gasteiger partial charge is 0.496 e. The van der Waals surface area contributed by atoms with Gasteiger partial charge in [-0.25, -0.2) is 4.39 Å². The molecule has 0 fully saturated rings. The van der Waals surface area contributed by atoms with Crippen LogP contribution >= 0.6 is 11.6 Å². The lowest BCUT2D eigenvalue weighted by Gasteiger charge is -2.24. The first-order valence-electron chi connectivity index (χ1n) is 10.3. The number of methoxy groups -OCH3 is 1. The molecule has 3 aromatic carbocycles. The fourth-order valence-electron chi connectivity index (χ4n) is 3.91. The number of ketones is 1. The molecule has 4 nitrogen and oxygen atoms in total. The van der Waals surface area contributed by atoms with E-state index in [0.29, 0.717) is 31.7 Å². The van der Waals surface area contributed by atoms with Gasteiger partial charge >= 0.3 is 0 Å². The highest BCUT2D eigenvalue weighted by Crippen LogP contribution is 2.37. The van der Waals surface area contributed by atoms with E-state index in [1.54, 1.807) is 25.4 Å². The Morgan fingerprint density at radius 3 is 2.59 bits per heavy atom. The summed E-state index contributed by atoms with van der Waals surface area (Å²) < 4.78 is 19.8. The van der Waals surface area contributed by atoms with Crippen LogP contribution in [0.4, 0.5) is 10.1 Å². The molecule has 1 heterocycles. The smallest absolute Gasteiger partial charge is 0.169 e. The number of quaternary nitrogens is 1. The zero-order chi connectivity index (χ0) is 23.0. The van der Waals surface area contributed by atoms with E-state index in [0.717, 1.165) is 22.4 Å². The molecule has 0 aliphatic rings. The number of hydrogen-bond donors (Lipinski definition) is 1. The first-order valence-corrected chi connectivity index (χ1v) is 10.6. The summed E-state index contributed by atoms with van der Waals surface area (Å²) in [6, 6.07) is 16.1. The van der Waals surface area contributed by atoms with E-state index in [2.05, 4.69) is 38.3 Å². The number of carbonyl (C=O) groups excluding carboxylic acids is 1. The second kappa shape index (κ2) is 8.41. The minimum Gasteiger partial charge on any atom is -0.496 e. The van der Waals surface area contributed by atoms with E-state index in [9.17, 15) is 9.18 Å². The van der Waals surface area contributed by atoms with Crippen molar-refractivity contribution in [1.29, 1.82) is 0 Å². The lowest BCUT2D eigenvalue weighted by atomic mass is 9.93. The topological polar surface area (TPSA) is 42.1 Å². The fraction of sp³-hybridized carbons (Fsp3) is 0.192. The molecule has 32 heavy (non-hydrogen) atoms. The van der Waals surface area contributed by atoms with E-state index in [-0.39, 0.29) is 18.0 Å². The summed E-state index contributed by atoms with van der Waals surface area (Å²) in [5.41, 5.74) is 4.80. The van der Waals surface area contributed by atoms with Gasteiger partial charge in [0.15, 0.2) is 5.78 Å². The van der Waals surface area contributed by atoms with E-state index >= 15 is 0 Å². The molecule has 0 spiro atoms. The summed E-state index contributed by atoms with van der Waals surface area (Å²) in [4.78, 5) is 16.3. The van der Waals surface area contributed by atoms with Crippen molar-refractivity contribution in [3.8, 4) is 16.9 Å². The molecule has 1 N–H and O–H groups in total. The summed E-state index contributed by atoms with van der Waals surface area (Å²) in [5.74, 6) is 0.118. The molecular weight excluding hydrogens is 427 g/mol. The van der Waals surface area contributed by atoms with E-state index < -0.39 is 0 Å². The SMILES string of the molecule is COc1cc(Cl)cc(-c2cccc([N+](C)(C)C)c2)c1CC(=O)c1c[nH]c2cc(F)ccc12. The van der Waals surface area contributed by atoms with Gasteiger partial charge in [-0.05, 0) is 47.5 Å². The van der Waals surface area contributed by atoms with Gasteiger partial charge in [0.25, 0.3) is 0 Å². The number of aromatic amines is 1. The molecule has 0 radical (unpaired) electrons. The summed E-state index contributed by atoms with van der Waals surface area (Å²) in [6.07, 6.45) is 1.75. The van der Waals surface area contributed by atoms with Gasteiger partial charge in [0.05, 0.1) is 28.3 Å². The average Bonchev–Trinajstić information content (AvgIpc) is 3.17. The lowest BCUT2D eigenvalue weighted by Crippen LogP contribution is -2.34. The van der Waals surface area contributed by atoms with Crippen LogP contribution in [-0.2, 0) is 6.42 Å². The quantitative estimate of drug-likeness (QED) is 0.278. The van der Waals surface area contributed by atoms with Crippen LogP contribution in [0, 0.1) is 5.82 Å². The molecule has 0 aliphatic heterocycles. The van der Waals surface area contributed by atoms with Crippen LogP contribution < -0.4 is 9.22 Å². The average molecular weight is 452 g/mol. The summed E-state index contributed by atoms with van der Waals surface area (Å²) >= 11 is 6.40. The van der Waals surface area contributed by atoms with E-state index in [1.807, 2.05) is 18.2 Å². The second-order valence-corrected chi connectivity index (χ2v) is 9.13. The first kappa shape index (κ1) is 22.1. The normalized spacial score (nSPS) is 11.7. The number of carbonyl (C=O) groups is 1. The van der Waals surface area contributed by atoms with Crippen LogP contribution in [0.15, 0.2) is 60.8 Å². The van der Waals surface area contributed by atoms with Gasteiger partial charge in [-0.3, -0.25) is 9.28 Å². The standard InChI is InChI=1S/C26H24ClFN2O2/c1-30(2,3)19-7-5-6-16(10-19)21-11-17(27)12-26(32-4)22(21)14-25(31)23-15-29-24-13-18(28)8-9-20(23)24/h5-13,15H,14H2,1-4H3/p+1. The van der Waals surface area contributed by atoms with E-state index in [1.165, 1.54) is 12.1 Å². The Kier molecular flexibility index (Phi) is 5.80. The number of fused-ring (bicyclic) bond motifs is 1. The van der Waals surface area contributed by atoms with Gasteiger partial charge in [-0.2, -0.15) is 0 Å². The third-order valence-electron chi connectivity index (χ3n) is 5.61. The van der Waals surface area contributed by atoms with Crippen LogP contribution in [0.1, 0.15) is 15.9 Å². The van der Waals surface area contributed by atoms with Crippen molar-refractivity contribution in [2.24, 2.45) is 0 Å². The van der Waals surface area contributed by atoms with Crippen molar-refractivity contribution in [2.45, 2.75) is 6.42 Å². The number of Topliss-reactive ketones (excluding diaryl/α,β-unsaturated/α-hetero) is 1. The maximum Gasteiger partial charge on any atom is 0.169 e. The third kappa shape index (κ3) is 4.27. The second-order valence-electron chi connectivity index (χ2n) is 8.69. The maximum absolute atomic E-state index is 13.6. The Hall–Kier alpha value is -3.15. The van der Waals surface area contributed by atoms with Crippen LogP contribution in [0.3, 0.4) is 0 Å². The number of aromatic nitrogens is 1. The molecule has 1 aromatic heterocycles. The number of nitrogens with zero attached hydrogens (tertiary/aromatic N) is 1. The van der Waals surface area contributed by atoms with Crippen molar-refractivity contribution in [2.75, 3.05) is 28.3 Å². The molecule has 0 bridgehead atoms. The molecule has 0 aliphatic carbocycles. The number of rotatable bonds is 6. The maximum atomic E-state index is 13.6. The van der Waals surface area contributed by atoms with Crippen LogP contribution in [0.2, 0.25) is 5.02 Å². The number of hydrogen-bond acceptors (Lipinski definition) is 2. The van der Waals surface area contributed by atoms with Crippen molar-refractivity contribution in [1.82, 2.24) is 9.47 Å². The van der Waals surface area contributed by atoms with Crippen LogP contribution in [0.25, 0.3) is 22.0 Å². The number of benzene rings is 3. The van der Waals surface area contributed by atoms with Gasteiger partial charge in [0.1, 0.15) is 17.3 Å². The minimum atomic E-state index is -0.350. The summed E-state index contributed by atoms with van der Waals surface area (Å²) in [5, 5.41) is 1.23. The number of ether oxygens (including phenoxy) is 1. The Morgan fingerprint density at radius 1 is 1.09 bits per heavy atom. The molecule has 6 heteroatoms. The van der Waals surface area contributed by atoms with Crippen molar-refractivity contribution >= 4 is 34.0 Å². The van der Waals surface area contributed by atoms with Crippen LogP contribution in [-0.4, -0.2) is 39.0 Å². The number of H-pyrrole nitrogens is 1. The molecular formula is C26H25ClFN2O2+. The third-order valence-corrected chi connectivity index (χ3v) is 5.83. The monoisotopic (exact) mass is 451 g/mol. The van der Waals surface area contributed by atoms with E-state index in [4.69, 9.17) is 16.3 Å². The molecule has 0 unspecified atom stereocenters. The van der Waals surface area contributed by atoms with Crippen molar-refractivity contribution in [3.63, 3.8) is 0 Å². The Morgan fingerprint density at radius 2 is 1.88 bits per heavy atom. The zero-order valence-electron chi connectivity index (χ0n) is 18.5. The van der Waals surface area contributed by atoms with Crippen LogP contribution in [0.5, 0.6) is 5.75 Å². The highest BCUT2D eigenvalue weighted by molar-refractivity contribution is 6.31. The molecule has 164 valence electrons. The Labute approximate surface area is 191 Å². The molecule has 0 amide bonds. The summed E-state index contributed by atoms with van der Waals surface area (Å²) in [7, 11) is 7.87. The fourth-order valence-corrected chi connectivity index (χ4v) is 4.12. The number of halogens is 2. The Bertz CT molecular complexity index is 1320. The molecule has 0 saturated carbocycles. The van der Waals surface area contributed by atoms with Gasteiger partial charge in [0, 0.05) is 45.7 Å². The van der Waals surface area contributed by atoms with Crippen molar-refractivity contribution in [3.05, 3.63) is 82.8 Å². The van der Waals surface area contributed by atoms with Gasteiger partial charge in [0.2, 0.25) is 0 Å². The first-order chi connectivity index (χ1) is 15.2. The summed E-state index contributed by atoms with van der Waals surface area (Å²) in [6.45, 7) is 0. The molecule has 0 atom stereocenters. The lowest BCUT2D eigenvalue weighted by molar-refractivity contribution is 0.0994. The van der Waals surface area contributed by atoms with Gasteiger partial charge < -0.3 is 9.72 Å². The minimum absolute atomic E-state index is 0.0903. The predicted molar refractivity (Wildman–Crippen MR) is 129 cm³/mol. The highest BCUT2D eigenvalue weighted by atomic mass is 35.5. The molecule has 4 rings (SSSR count). The van der Waals surface area contributed by atoms with Gasteiger partial charge in [-0.15, -0.1) is 0 Å². The zero-order valence-corrected chi connectivity index (χ0v) is 19.3. The molecule has 4 aromatic rings. The Balaban J connectivity index is 1.81. The predicted octanol–water partition coefficient (Wildman–Crippen LogP) is 6.26. The van der Waals surface area contributed by atoms with Crippen molar-refractivity contribution < 1.29 is 13.9 Å². The highest BCUT2D eigenvalue weighted by Gasteiger charge is 2.21. The molecule has 0 saturated heterocycles. The van der Waals surface area contributed by atoms with Gasteiger partial charge in [-0.1, -0.05) is 23.7 Å². The number of nitrogens with one attached hydrogen (secondary N) is 1.